The van der Waals surface area contributed by atoms with E-state index in [0.29, 0.717) is 11.7 Å². The van der Waals surface area contributed by atoms with Crippen LogP contribution in [-0.4, -0.2) is 30.1 Å². The minimum absolute atomic E-state index is 0.00866. The van der Waals surface area contributed by atoms with Crippen molar-refractivity contribution < 1.29 is 9.53 Å². The Morgan fingerprint density at radius 1 is 1.55 bits per heavy atom. The molecule has 0 radical (unpaired) electrons. The summed E-state index contributed by atoms with van der Waals surface area (Å²) in [4.78, 5) is 18.7. The van der Waals surface area contributed by atoms with Gasteiger partial charge in [-0.05, 0) is 32.0 Å². The van der Waals surface area contributed by atoms with Crippen LogP contribution in [0.5, 0.6) is 5.75 Å². The molecule has 22 heavy (non-hydrogen) atoms. The van der Waals surface area contributed by atoms with Gasteiger partial charge in [0, 0.05) is 10.4 Å². The van der Waals surface area contributed by atoms with E-state index in [9.17, 15) is 4.79 Å². The highest BCUT2D eigenvalue weighted by Gasteiger charge is 2.25. The molecule has 1 unspecified atom stereocenters. The molecule has 2 heterocycles. The van der Waals surface area contributed by atoms with Gasteiger partial charge in [0.25, 0.3) is 0 Å². The van der Waals surface area contributed by atoms with Crippen molar-refractivity contribution in [2.75, 3.05) is 23.7 Å². The number of primary amides is 1. The van der Waals surface area contributed by atoms with Gasteiger partial charge in [-0.25, -0.2) is 4.98 Å². The number of carbonyl (C=O) groups excluding carboxylic acids is 1. The molecule has 7 heteroatoms. The average molecular weight is 318 g/mol. The van der Waals surface area contributed by atoms with E-state index in [1.807, 2.05) is 36.9 Å². The fourth-order valence-corrected chi connectivity index (χ4v) is 3.41. The lowest BCUT2D eigenvalue weighted by Gasteiger charge is -2.34. The second-order valence-corrected chi connectivity index (χ2v) is 6.65. The minimum atomic E-state index is -0.362. The van der Waals surface area contributed by atoms with Crippen LogP contribution < -0.4 is 21.1 Å². The molecule has 0 fully saturated rings. The van der Waals surface area contributed by atoms with Crippen molar-refractivity contribution in [3.8, 4) is 17.0 Å². The molecule has 0 bridgehead atoms. The van der Waals surface area contributed by atoms with Crippen LogP contribution in [0.2, 0.25) is 0 Å². The molecule has 4 N–H and O–H groups in total. The Morgan fingerprint density at radius 2 is 2.32 bits per heavy atom. The van der Waals surface area contributed by atoms with E-state index in [1.165, 1.54) is 11.3 Å². The molecule has 1 aromatic carbocycles. The number of ether oxygens (including phenoxy) is 1. The monoisotopic (exact) mass is 318 g/mol. The fraction of sp³-hybridized carbons (Fsp3) is 0.333. The number of nitrogens with zero attached hydrogens (tertiary/aromatic N) is 2. The number of nitrogen functional groups attached to an aromatic ring is 1. The van der Waals surface area contributed by atoms with Gasteiger partial charge in [-0.1, -0.05) is 0 Å². The van der Waals surface area contributed by atoms with Crippen LogP contribution >= 0.6 is 11.3 Å². The van der Waals surface area contributed by atoms with E-state index in [2.05, 4.69) is 4.98 Å². The van der Waals surface area contributed by atoms with Crippen LogP contribution in [0.15, 0.2) is 18.2 Å². The number of hydrogen-bond acceptors (Lipinski definition) is 6. The summed E-state index contributed by atoms with van der Waals surface area (Å²) in [6.45, 7) is 4.75. The highest BCUT2D eigenvalue weighted by molar-refractivity contribution is 7.15. The number of aromatic nitrogens is 1. The number of carbonyl (C=O) groups is 1. The summed E-state index contributed by atoms with van der Waals surface area (Å²) in [6, 6.07) is 5.84. The number of thiazole rings is 1. The molecule has 6 nitrogen and oxygen atoms in total. The van der Waals surface area contributed by atoms with Gasteiger partial charge >= 0.3 is 0 Å². The molecule has 1 amide bonds. The minimum Gasteiger partial charge on any atom is -0.487 e. The molecule has 0 aliphatic carbocycles. The normalized spacial score (nSPS) is 17.0. The van der Waals surface area contributed by atoms with Crippen LogP contribution in [0.4, 0.5) is 10.8 Å². The second-order valence-electron chi connectivity index (χ2n) is 5.41. The summed E-state index contributed by atoms with van der Waals surface area (Å²) < 4.78 is 5.83. The van der Waals surface area contributed by atoms with Crippen LogP contribution in [0.25, 0.3) is 11.3 Å². The van der Waals surface area contributed by atoms with Crippen LogP contribution in [0, 0.1) is 6.92 Å². The first-order valence-corrected chi connectivity index (χ1v) is 7.83. The number of rotatable bonds is 3. The third kappa shape index (κ3) is 2.71. The van der Waals surface area contributed by atoms with Crippen molar-refractivity contribution in [3.63, 3.8) is 0 Å². The van der Waals surface area contributed by atoms with Gasteiger partial charge in [0.15, 0.2) is 5.13 Å². The Balaban J connectivity index is 2.04. The number of amides is 1. The van der Waals surface area contributed by atoms with Gasteiger partial charge in [-0.3, -0.25) is 4.79 Å². The summed E-state index contributed by atoms with van der Waals surface area (Å²) >= 11 is 1.46. The number of anilines is 2. The molecular formula is C15H18N4O2S. The van der Waals surface area contributed by atoms with Gasteiger partial charge in [0.1, 0.15) is 11.9 Å². The summed E-state index contributed by atoms with van der Waals surface area (Å²) in [7, 11) is 0. The highest BCUT2D eigenvalue weighted by atomic mass is 32.1. The van der Waals surface area contributed by atoms with Gasteiger partial charge in [0.2, 0.25) is 5.91 Å². The van der Waals surface area contributed by atoms with Gasteiger partial charge in [-0.15, -0.1) is 11.3 Å². The average Bonchev–Trinajstić information content (AvgIpc) is 2.76. The van der Waals surface area contributed by atoms with Gasteiger partial charge in [0.05, 0.1) is 24.5 Å². The number of aryl methyl sites for hydroxylation is 1. The van der Waals surface area contributed by atoms with E-state index in [1.54, 1.807) is 0 Å². The molecule has 0 saturated heterocycles. The Morgan fingerprint density at radius 3 is 2.95 bits per heavy atom. The molecule has 2 aromatic rings. The first-order valence-electron chi connectivity index (χ1n) is 7.01. The molecule has 1 atom stereocenters. The third-order valence-corrected chi connectivity index (χ3v) is 4.34. The maximum Gasteiger partial charge on any atom is 0.236 e. The predicted molar refractivity (Wildman–Crippen MR) is 88.2 cm³/mol. The number of hydrogen-bond donors (Lipinski definition) is 2. The van der Waals surface area contributed by atoms with Crippen molar-refractivity contribution in [2.24, 2.45) is 5.73 Å². The summed E-state index contributed by atoms with van der Waals surface area (Å²) in [5.74, 6) is 0.393. The maximum absolute atomic E-state index is 11.3. The Hall–Kier alpha value is -2.28. The fourth-order valence-electron chi connectivity index (χ4n) is 2.70. The smallest absolute Gasteiger partial charge is 0.236 e. The van der Waals surface area contributed by atoms with Gasteiger partial charge < -0.3 is 21.1 Å². The quantitative estimate of drug-likeness (QED) is 0.899. The number of benzene rings is 1. The van der Waals surface area contributed by atoms with Crippen molar-refractivity contribution in [2.45, 2.75) is 20.0 Å². The van der Waals surface area contributed by atoms with Crippen molar-refractivity contribution in [1.29, 1.82) is 0 Å². The molecule has 0 spiro atoms. The molecule has 116 valence electrons. The molecular weight excluding hydrogens is 300 g/mol. The largest absolute Gasteiger partial charge is 0.487 e. The lowest BCUT2D eigenvalue weighted by atomic mass is 10.1. The standard InChI is InChI=1S/C15H18N4O2S/c1-8-6-19(7-13(16)20)11-5-10(3-4-12(11)21-8)14-9(2)22-15(17)18-14/h3-5,8H,6-7H2,1-2H3,(H2,16,20)(H2,17,18). The number of nitrogens with two attached hydrogens (primary N) is 2. The zero-order chi connectivity index (χ0) is 15.9. The lowest BCUT2D eigenvalue weighted by Crippen LogP contribution is -2.42. The molecule has 0 saturated carbocycles. The SMILES string of the molecule is Cc1sc(N)nc1-c1ccc2c(c1)N(CC(N)=O)CC(C)O2. The van der Waals surface area contributed by atoms with E-state index in [-0.39, 0.29) is 18.6 Å². The summed E-state index contributed by atoms with van der Waals surface area (Å²) in [6.07, 6.45) is 0.00866. The van der Waals surface area contributed by atoms with Crippen molar-refractivity contribution in [1.82, 2.24) is 4.98 Å². The Kier molecular flexibility index (Phi) is 3.66. The Labute approximate surface area is 132 Å². The van der Waals surface area contributed by atoms with Gasteiger partial charge in [-0.2, -0.15) is 0 Å². The first-order chi connectivity index (χ1) is 10.4. The van der Waals surface area contributed by atoms with Crippen molar-refractivity contribution in [3.05, 3.63) is 23.1 Å². The van der Waals surface area contributed by atoms with E-state index in [4.69, 9.17) is 16.2 Å². The van der Waals surface area contributed by atoms with Crippen LogP contribution in [-0.2, 0) is 4.79 Å². The topological polar surface area (TPSA) is 94.5 Å². The Bertz CT molecular complexity index is 728. The zero-order valence-corrected chi connectivity index (χ0v) is 13.3. The first kappa shape index (κ1) is 14.6. The molecule has 1 aliphatic heterocycles. The molecule has 1 aliphatic rings. The summed E-state index contributed by atoms with van der Waals surface area (Å²) in [5, 5.41) is 0.545. The van der Waals surface area contributed by atoms with E-state index >= 15 is 0 Å². The van der Waals surface area contributed by atoms with Crippen molar-refractivity contribution >= 4 is 28.1 Å². The predicted octanol–water partition coefficient (Wildman–Crippen LogP) is 1.77. The zero-order valence-electron chi connectivity index (χ0n) is 12.5. The van der Waals surface area contributed by atoms with E-state index < -0.39 is 0 Å². The van der Waals surface area contributed by atoms with Crippen LogP contribution in [0.3, 0.4) is 0 Å². The lowest BCUT2D eigenvalue weighted by molar-refractivity contribution is -0.116. The molecule has 1 aromatic heterocycles. The highest BCUT2D eigenvalue weighted by Crippen LogP contribution is 2.38. The van der Waals surface area contributed by atoms with E-state index in [0.717, 1.165) is 27.6 Å². The second kappa shape index (κ2) is 5.49. The molecule has 3 rings (SSSR count). The maximum atomic E-state index is 11.3. The number of fused-ring (bicyclic) bond motifs is 1. The van der Waals surface area contributed by atoms with Crippen LogP contribution in [0.1, 0.15) is 11.8 Å². The summed E-state index contributed by atoms with van der Waals surface area (Å²) in [5.41, 5.74) is 13.8. The third-order valence-electron chi connectivity index (χ3n) is 3.54.